The monoisotopic (exact) mass is 154 g/mol. The summed E-state index contributed by atoms with van der Waals surface area (Å²) in [5.41, 5.74) is 0. The van der Waals surface area contributed by atoms with E-state index in [0.717, 1.165) is 13.1 Å². The van der Waals surface area contributed by atoms with Crippen LogP contribution < -0.4 is 5.32 Å². The Morgan fingerprint density at radius 3 is 3.18 bits per heavy atom. The number of fused-ring (bicyclic) bond motifs is 1. The van der Waals surface area contributed by atoms with Gasteiger partial charge in [0, 0.05) is 19.1 Å². The number of hydrogen-bond acceptors (Lipinski definition) is 2. The number of piperazine rings is 1. The molecule has 1 atom stereocenters. The standard InChI is InChI=1S/C8H14N2O/c11-8-6-9-5-7-3-1-2-4-10(7)8/h7,9H,1-6H2/t7-/m1/s1. The number of nitrogens with zero attached hydrogens (tertiary/aromatic N) is 1. The summed E-state index contributed by atoms with van der Waals surface area (Å²) in [5.74, 6) is 0.293. The van der Waals surface area contributed by atoms with Crippen molar-refractivity contribution in [1.29, 1.82) is 0 Å². The van der Waals surface area contributed by atoms with E-state index in [2.05, 4.69) is 5.32 Å². The smallest absolute Gasteiger partial charge is 0.236 e. The Kier molecular flexibility index (Phi) is 1.82. The van der Waals surface area contributed by atoms with Crippen molar-refractivity contribution in [2.24, 2.45) is 0 Å². The molecule has 1 N–H and O–H groups in total. The highest BCUT2D eigenvalue weighted by Gasteiger charge is 2.29. The van der Waals surface area contributed by atoms with E-state index in [4.69, 9.17) is 0 Å². The third-order valence-corrected chi connectivity index (χ3v) is 2.60. The van der Waals surface area contributed by atoms with Gasteiger partial charge in [-0.25, -0.2) is 0 Å². The van der Waals surface area contributed by atoms with Crippen LogP contribution in [0.15, 0.2) is 0 Å². The first-order chi connectivity index (χ1) is 5.38. The lowest BCUT2D eigenvalue weighted by atomic mass is 10.0. The molecule has 3 heteroatoms. The molecule has 2 fully saturated rings. The van der Waals surface area contributed by atoms with Gasteiger partial charge in [0.25, 0.3) is 0 Å². The van der Waals surface area contributed by atoms with Crippen molar-refractivity contribution in [2.45, 2.75) is 25.3 Å². The first kappa shape index (κ1) is 7.10. The fourth-order valence-electron chi connectivity index (χ4n) is 1.99. The van der Waals surface area contributed by atoms with Gasteiger partial charge in [0.05, 0.1) is 6.54 Å². The maximum Gasteiger partial charge on any atom is 0.236 e. The molecule has 3 nitrogen and oxygen atoms in total. The summed E-state index contributed by atoms with van der Waals surface area (Å²) in [6.45, 7) is 2.55. The van der Waals surface area contributed by atoms with Crippen LogP contribution >= 0.6 is 0 Å². The van der Waals surface area contributed by atoms with Gasteiger partial charge in [-0.2, -0.15) is 0 Å². The van der Waals surface area contributed by atoms with Crippen molar-refractivity contribution in [3.05, 3.63) is 0 Å². The molecule has 0 aromatic rings. The Labute approximate surface area is 66.8 Å². The molecule has 2 saturated heterocycles. The quantitative estimate of drug-likeness (QED) is 0.531. The summed E-state index contributed by atoms with van der Waals surface area (Å²) in [6.07, 6.45) is 3.68. The third kappa shape index (κ3) is 1.25. The summed E-state index contributed by atoms with van der Waals surface area (Å²) in [4.78, 5) is 13.3. The minimum absolute atomic E-state index is 0.293. The van der Waals surface area contributed by atoms with Gasteiger partial charge in [-0.3, -0.25) is 4.79 Å². The number of amides is 1. The predicted molar refractivity (Wildman–Crippen MR) is 42.2 cm³/mol. The third-order valence-electron chi connectivity index (χ3n) is 2.60. The van der Waals surface area contributed by atoms with Gasteiger partial charge in [0.2, 0.25) is 5.91 Å². The second kappa shape index (κ2) is 2.81. The molecule has 2 aliphatic rings. The van der Waals surface area contributed by atoms with Crippen LogP contribution in [0.25, 0.3) is 0 Å². The number of rotatable bonds is 0. The highest BCUT2D eigenvalue weighted by molar-refractivity contribution is 5.79. The molecule has 0 aromatic heterocycles. The Morgan fingerprint density at radius 1 is 1.45 bits per heavy atom. The first-order valence-corrected chi connectivity index (χ1v) is 4.38. The van der Waals surface area contributed by atoms with Gasteiger partial charge in [0.15, 0.2) is 0 Å². The maximum absolute atomic E-state index is 11.3. The van der Waals surface area contributed by atoms with Crippen molar-refractivity contribution in [1.82, 2.24) is 10.2 Å². The minimum Gasteiger partial charge on any atom is -0.337 e. The van der Waals surface area contributed by atoms with Crippen LogP contribution in [0, 0.1) is 0 Å². The van der Waals surface area contributed by atoms with Crippen LogP contribution in [-0.4, -0.2) is 36.5 Å². The van der Waals surface area contributed by atoms with Gasteiger partial charge in [-0.15, -0.1) is 0 Å². The molecule has 11 heavy (non-hydrogen) atoms. The zero-order chi connectivity index (χ0) is 7.68. The molecule has 62 valence electrons. The van der Waals surface area contributed by atoms with E-state index in [1.807, 2.05) is 4.90 Å². The summed E-state index contributed by atoms with van der Waals surface area (Å²) in [6, 6.07) is 0.505. The van der Waals surface area contributed by atoms with Crippen LogP contribution in [0.2, 0.25) is 0 Å². The SMILES string of the molecule is O=C1CNC[C@H]2CCCCN12. The molecular formula is C8H14N2O. The second-order valence-electron chi connectivity index (χ2n) is 3.37. The van der Waals surface area contributed by atoms with Crippen molar-refractivity contribution >= 4 is 5.91 Å². The normalized spacial score (nSPS) is 31.8. The van der Waals surface area contributed by atoms with Crippen LogP contribution in [0.5, 0.6) is 0 Å². The lowest BCUT2D eigenvalue weighted by molar-refractivity contribution is -0.136. The number of nitrogens with one attached hydrogen (secondary N) is 1. The van der Waals surface area contributed by atoms with Crippen molar-refractivity contribution in [3.63, 3.8) is 0 Å². The summed E-state index contributed by atoms with van der Waals surface area (Å²) in [5, 5.41) is 3.14. The molecule has 0 radical (unpaired) electrons. The van der Waals surface area contributed by atoms with Crippen LogP contribution in [-0.2, 0) is 4.79 Å². The highest BCUT2D eigenvalue weighted by Crippen LogP contribution is 2.18. The van der Waals surface area contributed by atoms with Gasteiger partial charge in [-0.1, -0.05) is 0 Å². The van der Waals surface area contributed by atoms with Gasteiger partial charge < -0.3 is 10.2 Å². The molecule has 0 spiro atoms. The van der Waals surface area contributed by atoms with Gasteiger partial charge >= 0.3 is 0 Å². The molecule has 0 aromatic carbocycles. The molecule has 0 aliphatic carbocycles. The molecular weight excluding hydrogens is 140 g/mol. The van der Waals surface area contributed by atoms with E-state index in [0.29, 0.717) is 18.5 Å². The Bertz CT molecular complexity index is 167. The van der Waals surface area contributed by atoms with E-state index in [-0.39, 0.29) is 0 Å². The van der Waals surface area contributed by atoms with Gasteiger partial charge in [-0.05, 0) is 19.3 Å². The van der Waals surface area contributed by atoms with Gasteiger partial charge in [0.1, 0.15) is 0 Å². The summed E-state index contributed by atoms with van der Waals surface area (Å²) >= 11 is 0. The maximum atomic E-state index is 11.3. The molecule has 0 unspecified atom stereocenters. The van der Waals surface area contributed by atoms with E-state index >= 15 is 0 Å². The van der Waals surface area contributed by atoms with Crippen molar-refractivity contribution in [2.75, 3.05) is 19.6 Å². The van der Waals surface area contributed by atoms with Crippen LogP contribution in [0.3, 0.4) is 0 Å². The zero-order valence-electron chi connectivity index (χ0n) is 6.68. The number of piperidine rings is 1. The average Bonchev–Trinajstić information content (AvgIpc) is 2.06. The highest BCUT2D eigenvalue weighted by atomic mass is 16.2. The Morgan fingerprint density at radius 2 is 2.36 bits per heavy atom. The lowest BCUT2D eigenvalue weighted by Gasteiger charge is -2.39. The van der Waals surface area contributed by atoms with E-state index < -0.39 is 0 Å². The largest absolute Gasteiger partial charge is 0.337 e. The average molecular weight is 154 g/mol. The van der Waals surface area contributed by atoms with E-state index in [1.54, 1.807) is 0 Å². The lowest BCUT2D eigenvalue weighted by Crippen LogP contribution is -2.56. The number of hydrogen-bond donors (Lipinski definition) is 1. The molecule has 0 bridgehead atoms. The Balaban J connectivity index is 2.05. The van der Waals surface area contributed by atoms with Crippen molar-refractivity contribution in [3.8, 4) is 0 Å². The first-order valence-electron chi connectivity index (χ1n) is 4.38. The van der Waals surface area contributed by atoms with E-state index in [9.17, 15) is 4.79 Å². The molecule has 1 amide bonds. The second-order valence-corrected chi connectivity index (χ2v) is 3.37. The number of carbonyl (C=O) groups excluding carboxylic acids is 1. The molecule has 2 aliphatic heterocycles. The van der Waals surface area contributed by atoms with Crippen LogP contribution in [0.4, 0.5) is 0 Å². The van der Waals surface area contributed by atoms with E-state index in [1.165, 1.54) is 19.3 Å². The fraction of sp³-hybridized carbons (Fsp3) is 0.875. The predicted octanol–water partition coefficient (Wildman–Crippen LogP) is -0.0293. The molecule has 2 heterocycles. The summed E-state index contributed by atoms with van der Waals surface area (Å²) in [7, 11) is 0. The van der Waals surface area contributed by atoms with Crippen molar-refractivity contribution < 1.29 is 4.79 Å². The summed E-state index contributed by atoms with van der Waals surface area (Å²) < 4.78 is 0. The minimum atomic E-state index is 0.293. The van der Waals surface area contributed by atoms with Crippen LogP contribution in [0.1, 0.15) is 19.3 Å². The fourth-order valence-corrected chi connectivity index (χ4v) is 1.99. The molecule has 2 rings (SSSR count). The Hall–Kier alpha value is -0.570. The molecule has 0 saturated carbocycles. The topological polar surface area (TPSA) is 32.3 Å². The zero-order valence-corrected chi connectivity index (χ0v) is 6.68. The number of carbonyl (C=O) groups is 1.